The highest BCUT2D eigenvalue weighted by Crippen LogP contribution is 2.28. The van der Waals surface area contributed by atoms with Gasteiger partial charge in [0.15, 0.2) is 0 Å². The summed E-state index contributed by atoms with van der Waals surface area (Å²) in [6, 6.07) is 10.9. The molecule has 3 rings (SSSR count). The molecule has 0 saturated heterocycles. The first-order chi connectivity index (χ1) is 11.7. The highest BCUT2D eigenvalue weighted by Gasteiger charge is 2.25. The topological polar surface area (TPSA) is 41.7 Å². The SMILES string of the molecule is CC(C)Cc1ccc(-c2cc3scc(CC(=O)[N+](C)(C)O)n3c2)cc1. The summed E-state index contributed by atoms with van der Waals surface area (Å²) < 4.78 is 1.40. The molecule has 2 heterocycles. The second-order valence-corrected chi connectivity index (χ2v) is 8.31. The average Bonchev–Trinajstić information content (AvgIpc) is 3.08. The lowest BCUT2D eigenvalue weighted by Crippen LogP contribution is -2.43. The van der Waals surface area contributed by atoms with E-state index in [4.69, 9.17) is 0 Å². The van der Waals surface area contributed by atoms with Gasteiger partial charge in [0.1, 0.15) is 20.5 Å². The van der Waals surface area contributed by atoms with Crippen LogP contribution < -0.4 is 0 Å². The van der Waals surface area contributed by atoms with E-state index in [1.165, 1.54) is 25.2 Å². The van der Waals surface area contributed by atoms with Gasteiger partial charge < -0.3 is 4.40 Å². The van der Waals surface area contributed by atoms with Gasteiger partial charge in [0, 0.05) is 22.8 Å². The van der Waals surface area contributed by atoms with Gasteiger partial charge in [0.2, 0.25) is 0 Å². The molecular weight excluding hydrogens is 332 g/mol. The first-order valence-electron chi connectivity index (χ1n) is 8.52. The molecule has 0 aliphatic rings. The zero-order chi connectivity index (χ0) is 18.2. The van der Waals surface area contributed by atoms with E-state index < -0.39 is 4.65 Å². The van der Waals surface area contributed by atoms with E-state index in [1.54, 1.807) is 11.3 Å². The molecule has 0 saturated carbocycles. The number of hydroxylamine groups is 3. The Hall–Kier alpha value is -1.95. The minimum absolute atomic E-state index is 0.213. The standard InChI is InChI=1S/C20H25N2O2S/c1-14(2)9-15-5-7-16(8-6-15)17-10-19-21(12-17)18(13-25-19)11-20(23)22(3,4)24/h5-8,10,12-14,24H,9,11H2,1-4H3/q+1. The molecule has 3 aromatic rings. The van der Waals surface area contributed by atoms with E-state index in [2.05, 4.69) is 54.8 Å². The van der Waals surface area contributed by atoms with Crippen LogP contribution in [0.3, 0.4) is 0 Å². The molecule has 1 amide bonds. The van der Waals surface area contributed by atoms with Crippen LogP contribution in [-0.4, -0.2) is 34.3 Å². The molecule has 132 valence electrons. The molecule has 0 bridgehead atoms. The summed E-state index contributed by atoms with van der Waals surface area (Å²) in [6.07, 6.45) is 3.38. The number of hydrogen-bond donors (Lipinski definition) is 1. The van der Waals surface area contributed by atoms with Crippen molar-refractivity contribution in [3.05, 3.63) is 53.2 Å². The van der Waals surface area contributed by atoms with Gasteiger partial charge in [-0.2, -0.15) is 0 Å². The number of benzene rings is 1. The normalized spacial score (nSPS) is 12.2. The maximum absolute atomic E-state index is 12.1. The predicted octanol–water partition coefficient (Wildman–Crippen LogP) is 4.40. The van der Waals surface area contributed by atoms with Gasteiger partial charge in [0.25, 0.3) is 0 Å². The second kappa shape index (κ2) is 6.75. The second-order valence-electron chi connectivity index (χ2n) is 7.42. The highest BCUT2D eigenvalue weighted by molar-refractivity contribution is 7.15. The summed E-state index contributed by atoms with van der Waals surface area (Å²) in [5, 5.41) is 11.8. The van der Waals surface area contributed by atoms with Crippen molar-refractivity contribution in [2.75, 3.05) is 14.1 Å². The number of hydrogen-bond acceptors (Lipinski definition) is 3. The summed E-state index contributed by atoms with van der Waals surface area (Å²) in [5.41, 5.74) is 4.59. The van der Waals surface area contributed by atoms with Crippen molar-refractivity contribution < 1.29 is 14.6 Å². The fourth-order valence-corrected chi connectivity index (χ4v) is 3.81. The van der Waals surface area contributed by atoms with Gasteiger partial charge in [-0.3, -0.25) is 0 Å². The number of aromatic nitrogens is 1. The van der Waals surface area contributed by atoms with Crippen molar-refractivity contribution in [1.29, 1.82) is 0 Å². The van der Waals surface area contributed by atoms with Crippen molar-refractivity contribution >= 4 is 22.1 Å². The highest BCUT2D eigenvalue weighted by atomic mass is 32.1. The molecule has 2 aromatic heterocycles. The molecule has 25 heavy (non-hydrogen) atoms. The number of nitrogens with zero attached hydrogens (tertiary/aromatic N) is 2. The number of thiazole rings is 1. The molecule has 0 unspecified atom stereocenters. The van der Waals surface area contributed by atoms with Crippen LogP contribution in [0.2, 0.25) is 0 Å². The van der Waals surface area contributed by atoms with Gasteiger partial charge >= 0.3 is 5.91 Å². The van der Waals surface area contributed by atoms with E-state index in [0.29, 0.717) is 5.92 Å². The van der Waals surface area contributed by atoms with Crippen molar-refractivity contribution in [2.24, 2.45) is 5.92 Å². The lowest BCUT2D eigenvalue weighted by atomic mass is 10.0. The molecule has 0 aliphatic carbocycles. The number of likely N-dealkylation sites (N-methyl/N-ethyl adjacent to an activating group) is 1. The Labute approximate surface area is 152 Å². The zero-order valence-electron chi connectivity index (χ0n) is 15.2. The fourth-order valence-electron chi connectivity index (χ4n) is 2.88. The molecule has 0 atom stereocenters. The number of carbonyl (C=O) groups excluding carboxylic acids is 1. The van der Waals surface area contributed by atoms with E-state index >= 15 is 0 Å². The van der Waals surface area contributed by atoms with Gasteiger partial charge in [-0.1, -0.05) is 38.1 Å². The third-order valence-corrected chi connectivity index (χ3v) is 5.23. The van der Waals surface area contributed by atoms with E-state index in [1.807, 2.05) is 5.38 Å². The molecule has 0 radical (unpaired) electrons. The third-order valence-electron chi connectivity index (χ3n) is 4.28. The van der Waals surface area contributed by atoms with Crippen LogP contribution in [0.1, 0.15) is 25.1 Å². The van der Waals surface area contributed by atoms with E-state index in [-0.39, 0.29) is 12.3 Å². The van der Waals surface area contributed by atoms with Crippen molar-refractivity contribution in [1.82, 2.24) is 4.40 Å². The Morgan fingerprint density at radius 2 is 1.88 bits per heavy atom. The van der Waals surface area contributed by atoms with Crippen LogP contribution >= 0.6 is 11.3 Å². The van der Waals surface area contributed by atoms with Crippen LogP contribution in [0.4, 0.5) is 0 Å². The predicted molar refractivity (Wildman–Crippen MR) is 102 cm³/mol. The monoisotopic (exact) mass is 357 g/mol. The van der Waals surface area contributed by atoms with Gasteiger partial charge in [-0.25, -0.2) is 10.0 Å². The quantitative estimate of drug-likeness (QED) is 0.418. The maximum atomic E-state index is 12.1. The van der Waals surface area contributed by atoms with Gasteiger partial charge in [-0.05, 0) is 29.5 Å². The van der Waals surface area contributed by atoms with Crippen molar-refractivity contribution in [3.8, 4) is 11.1 Å². The number of fused-ring (bicyclic) bond motifs is 1. The zero-order valence-corrected chi connectivity index (χ0v) is 16.0. The number of carbonyl (C=O) groups is 1. The Balaban J connectivity index is 1.86. The number of amides is 1. The van der Waals surface area contributed by atoms with Gasteiger partial charge in [-0.15, -0.1) is 16.0 Å². The van der Waals surface area contributed by atoms with E-state index in [9.17, 15) is 10.0 Å². The maximum Gasteiger partial charge on any atom is 0.351 e. The molecule has 0 spiro atoms. The summed E-state index contributed by atoms with van der Waals surface area (Å²) in [5.74, 6) is 0.424. The molecule has 4 nitrogen and oxygen atoms in total. The molecule has 5 heteroatoms. The van der Waals surface area contributed by atoms with E-state index in [0.717, 1.165) is 22.5 Å². The summed E-state index contributed by atoms with van der Waals surface area (Å²) in [4.78, 5) is 13.2. The van der Waals surface area contributed by atoms with Crippen LogP contribution in [-0.2, 0) is 17.6 Å². The lowest BCUT2D eigenvalue weighted by molar-refractivity contribution is -1.01. The summed E-state index contributed by atoms with van der Waals surface area (Å²) >= 11 is 1.62. The van der Waals surface area contributed by atoms with Crippen LogP contribution in [0.15, 0.2) is 41.9 Å². The smallest absolute Gasteiger partial charge is 0.310 e. The van der Waals surface area contributed by atoms with Crippen molar-refractivity contribution in [2.45, 2.75) is 26.7 Å². The lowest BCUT2D eigenvalue weighted by Gasteiger charge is -2.15. The Kier molecular flexibility index (Phi) is 4.82. The van der Waals surface area contributed by atoms with Crippen LogP contribution in [0, 0.1) is 5.92 Å². The van der Waals surface area contributed by atoms with Crippen LogP contribution in [0.25, 0.3) is 16.0 Å². The third kappa shape index (κ3) is 4.00. The Morgan fingerprint density at radius 3 is 2.48 bits per heavy atom. The first kappa shape index (κ1) is 17.9. The first-order valence-corrected chi connectivity index (χ1v) is 9.40. The average molecular weight is 357 g/mol. The minimum Gasteiger partial charge on any atom is -0.310 e. The Bertz CT molecular complexity index is 883. The molecule has 0 aliphatic heterocycles. The molecular formula is C20H25N2O2S+. The number of quaternary nitrogens is 1. The summed E-state index contributed by atoms with van der Waals surface area (Å²) in [6.45, 7) is 4.45. The summed E-state index contributed by atoms with van der Waals surface area (Å²) in [7, 11) is 2.96. The Morgan fingerprint density at radius 1 is 1.20 bits per heavy atom. The number of rotatable bonds is 5. The molecule has 0 fully saturated rings. The van der Waals surface area contributed by atoms with Gasteiger partial charge in [0.05, 0.1) is 4.83 Å². The largest absolute Gasteiger partial charge is 0.351 e. The molecule has 1 N–H and O–H groups in total. The van der Waals surface area contributed by atoms with Crippen molar-refractivity contribution in [3.63, 3.8) is 0 Å². The van der Waals surface area contributed by atoms with Crippen LogP contribution in [0.5, 0.6) is 0 Å². The fraction of sp³-hybridized carbons (Fsp3) is 0.350. The minimum atomic E-state index is -0.650. The molecule has 1 aromatic carbocycles.